The normalized spacial score (nSPS) is 18.2. The summed E-state index contributed by atoms with van der Waals surface area (Å²) >= 11 is 0. The molecule has 1 N–H and O–H groups in total. The minimum Gasteiger partial charge on any atom is -0.319 e. The van der Waals surface area contributed by atoms with Crippen molar-refractivity contribution >= 4 is 0 Å². The number of benzene rings is 1. The van der Waals surface area contributed by atoms with Gasteiger partial charge in [0, 0.05) is 6.54 Å². The maximum absolute atomic E-state index is 3.30. The molecule has 1 aliphatic heterocycles. The maximum Gasteiger partial charge on any atom is 0.0236 e. The van der Waals surface area contributed by atoms with Crippen LogP contribution in [-0.4, -0.2) is 31.6 Å². The third kappa shape index (κ3) is 3.56. The molecule has 18 heavy (non-hydrogen) atoms. The Balaban J connectivity index is 1.87. The summed E-state index contributed by atoms with van der Waals surface area (Å²) in [5.41, 5.74) is 4.30. The number of likely N-dealkylation sites (tertiary alicyclic amines) is 1. The van der Waals surface area contributed by atoms with Crippen molar-refractivity contribution in [1.82, 2.24) is 10.2 Å². The van der Waals surface area contributed by atoms with Crippen molar-refractivity contribution < 1.29 is 0 Å². The van der Waals surface area contributed by atoms with Gasteiger partial charge in [-0.05, 0) is 70.4 Å². The fourth-order valence-electron chi connectivity index (χ4n) is 2.90. The Bertz CT molecular complexity index is 379. The lowest BCUT2D eigenvalue weighted by Gasteiger charge is -2.32. The van der Waals surface area contributed by atoms with Gasteiger partial charge in [0.05, 0.1) is 0 Å². The highest BCUT2D eigenvalue weighted by Crippen LogP contribution is 2.20. The Morgan fingerprint density at radius 2 is 1.94 bits per heavy atom. The Morgan fingerprint density at radius 3 is 2.56 bits per heavy atom. The van der Waals surface area contributed by atoms with Crippen LogP contribution >= 0.6 is 0 Å². The van der Waals surface area contributed by atoms with Crippen LogP contribution < -0.4 is 5.32 Å². The van der Waals surface area contributed by atoms with Gasteiger partial charge in [-0.25, -0.2) is 0 Å². The van der Waals surface area contributed by atoms with E-state index in [-0.39, 0.29) is 0 Å². The molecule has 1 aromatic rings. The van der Waals surface area contributed by atoms with Crippen molar-refractivity contribution in [2.75, 3.05) is 26.7 Å². The topological polar surface area (TPSA) is 15.3 Å². The highest BCUT2D eigenvalue weighted by molar-refractivity contribution is 5.30. The molecular formula is C16H26N2. The molecule has 1 fully saturated rings. The van der Waals surface area contributed by atoms with Crippen LogP contribution in [-0.2, 0) is 6.54 Å². The van der Waals surface area contributed by atoms with Crippen LogP contribution in [0.1, 0.15) is 29.5 Å². The lowest BCUT2D eigenvalue weighted by molar-refractivity contribution is 0.176. The highest BCUT2D eigenvalue weighted by atomic mass is 15.1. The maximum atomic E-state index is 3.30. The van der Waals surface area contributed by atoms with Crippen LogP contribution in [0, 0.1) is 19.8 Å². The van der Waals surface area contributed by atoms with E-state index in [4.69, 9.17) is 0 Å². The van der Waals surface area contributed by atoms with Gasteiger partial charge in [0.2, 0.25) is 0 Å². The number of nitrogens with one attached hydrogen (secondary N) is 1. The van der Waals surface area contributed by atoms with Crippen molar-refractivity contribution in [2.45, 2.75) is 33.2 Å². The zero-order valence-electron chi connectivity index (χ0n) is 12.0. The molecule has 0 saturated carbocycles. The summed E-state index contributed by atoms with van der Waals surface area (Å²) in [6.45, 7) is 9.20. The first-order valence-electron chi connectivity index (χ1n) is 7.12. The molecule has 0 atom stereocenters. The van der Waals surface area contributed by atoms with E-state index >= 15 is 0 Å². The van der Waals surface area contributed by atoms with E-state index in [0.29, 0.717) is 0 Å². The zero-order chi connectivity index (χ0) is 13.0. The summed E-state index contributed by atoms with van der Waals surface area (Å²) in [5.74, 6) is 0.880. The minimum absolute atomic E-state index is 0.880. The first kappa shape index (κ1) is 13.6. The summed E-state index contributed by atoms with van der Waals surface area (Å²) in [6, 6.07) is 6.82. The largest absolute Gasteiger partial charge is 0.319 e. The second-order valence-electron chi connectivity index (χ2n) is 5.71. The number of hydrogen-bond acceptors (Lipinski definition) is 2. The summed E-state index contributed by atoms with van der Waals surface area (Å²) in [6.07, 6.45) is 2.68. The molecule has 0 radical (unpaired) electrons. The van der Waals surface area contributed by atoms with Gasteiger partial charge in [-0.15, -0.1) is 0 Å². The lowest BCUT2D eigenvalue weighted by Crippen LogP contribution is -2.36. The molecule has 1 aliphatic rings. The highest BCUT2D eigenvalue weighted by Gasteiger charge is 2.18. The van der Waals surface area contributed by atoms with Crippen LogP contribution in [0.4, 0.5) is 0 Å². The van der Waals surface area contributed by atoms with Crippen molar-refractivity contribution in [2.24, 2.45) is 5.92 Å². The zero-order valence-corrected chi connectivity index (χ0v) is 12.0. The summed E-state index contributed by atoms with van der Waals surface area (Å²) in [4.78, 5) is 2.60. The van der Waals surface area contributed by atoms with E-state index < -0.39 is 0 Å². The third-order valence-electron chi connectivity index (χ3n) is 4.09. The Labute approximate surface area is 111 Å². The molecule has 0 bridgehead atoms. The molecule has 2 heteroatoms. The Kier molecular flexibility index (Phi) is 4.79. The molecule has 0 spiro atoms. The van der Waals surface area contributed by atoms with Gasteiger partial charge < -0.3 is 5.32 Å². The van der Waals surface area contributed by atoms with Crippen molar-refractivity contribution in [1.29, 1.82) is 0 Å². The summed E-state index contributed by atoms with van der Waals surface area (Å²) < 4.78 is 0. The average Bonchev–Trinajstić information content (AvgIpc) is 2.35. The average molecular weight is 246 g/mol. The van der Waals surface area contributed by atoms with E-state index in [2.05, 4.69) is 49.3 Å². The fraction of sp³-hybridized carbons (Fsp3) is 0.625. The first-order chi connectivity index (χ1) is 8.69. The SMILES string of the molecule is CNCC1CCN(Cc2ccc(C)cc2C)CC1. The van der Waals surface area contributed by atoms with Gasteiger partial charge in [0.25, 0.3) is 0 Å². The molecule has 0 aromatic heterocycles. The monoisotopic (exact) mass is 246 g/mol. The molecule has 1 aromatic carbocycles. The standard InChI is InChI=1S/C16H26N2/c1-13-4-5-16(14(2)10-13)12-18-8-6-15(7-9-18)11-17-3/h4-5,10,15,17H,6-9,11-12H2,1-3H3. The van der Waals surface area contributed by atoms with Gasteiger partial charge in [0.15, 0.2) is 0 Å². The van der Waals surface area contributed by atoms with Crippen LogP contribution in [0.2, 0.25) is 0 Å². The fourth-order valence-corrected chi connectivity index (χ4v) is 2.90. The van der Waals surface area contributed by atoms with Crippen molar-refractivity contribution in [3.63, 3.8) is 0 Å². The van der Waals surface area contributed by atoms with Gasteiger partial charge in [0.1, 0.15) is 0 Å². The molecular weight excluding hydrogens is 220 g/mol. The third-order valence-corrected chi connectivity index (χ3v) is 4.09. The van der Waals surface area contributed by atoms with E-state index in [9.17, 15) is 0 Å². The van der Waals surface area contributed by atoms with Gasteiger partial charge in [-0.2, -0.15) is 0 Å². The van der Waals surface area contributed by atoms with E-state index in [1.807, 2.05) is 0 Å². The first-order valence-corrected chi connectivity index (χ1v) is 7.12. The minimum atomic E-state index is 0.880. The van der Waals surface area contributed by atoms with E-state index in [1.165, 1.54) is 49.2 Å². The van der Waals surface area contributed by atoms with Gasteiger partial charge in [-0.3, -0.25) is 4.90 Å². The summed E-state index contributed by atoms with van der Waals surface area (Å²) in [5, 5.41) is 3.30. The molecule has 2 rings (SSSR count). The van der Waals surface area contributed by atoms with Crippen LogP contribution in [0.3, 0.4) is 0 Å². The van der Waals surface area contributed by atoms with Crippen molar-refractivity contribution in [3.05, 3.63) is 34.9 Å². The number of nitrogens with zero attached hydrogens (tertiary/aromatic N) is 1. The van der Waals surface area contributed by atoms with Gasteiger partial charge in [-0.1, -0.05) is 23.8 Å². The predicted molar refractivity (Wildman–Crippen MR) is 77.8 cm³/mol. The smallest absolute Gasteiger partial charge is 0.0236 e. The lowest BCUT2D eigenvalue weighted by atomic mass is 9.96. The predicted octanol–water partition coefficient (Wildman–Crippen LogP) is 2.73. The Hall–Kier alpha value is -0.860. The van der Waals surface area contributed by atoms with Gasteiger partial charge >= 0.3 is 0 Å². The number of piperidine rings is 1. The van der Waals surface area contributed by atoms with E-state index in [0.717, 1.165) is 12.5 Å². The molecule has 0 amide bonds. The van der Waals surface area contributed by atoms with Crippen LogP contribution in [0.15, 0.2) is 18.2 Å². The molecule has 1 saturated heterocycles. The molecule has 0 unspecified atom stereocenters. The number of aryl methyl sites for hydroxylation is 2. The molecule has 0 aliphatic carbocycles. The second kappa shape index (κ2) is 6.35. The van der Waals surface area contributed by atoms with E-state index in [1.54, 1.807) is 0 Å². The molecule has 100 valence electrons. The quantitative estimate of drug-likeness (QED) is 0.879. The Morgan fingerprint density at radius 1 is 1.22 bits per heavy atom. The molecule has 2 nitrogen and oxygen atoms in total. The van der Waals surface area contributed by atoms with Crippen LogP contribution in [0.25, 0.3) is 0 Å². The van der Waals surface area contributed by atoms with Crippen LogP contribution in [0.5, 0.6) is 0 Å². The summed E-state index contributed by atoms with van der Waals surface area (Å²) in [7, 11) is 2.06. The number of rotatable bonds is 4. The molecule has 1 heterocycles. The van der Waals surface area contributed by atoms with Crippen molar-refractivity contribution in [3.8, 4) is 0 Å². The number of hydrogen-bond donors (Lipinski definition) is 1. The second-order valence-corrected chi connectivity index (χ2v) is 5.71.